The summed E-state index contributed by atoms with van der Waals surface area (Å²) in [5.41, 5.74) is 3.84. The van der Waals surface area contributed by atoms with E-state index in [1.165, 1.54) is 36.9 Å². The Bertz CT molecular complexity index is 422. The summed E-state index contributed by atoms with van der Waals surface area (Å²) in [7, 11) is 0. The van der Waals surface area contributed by atoms with Crippen LogP contribution in [0.15, 0.2) is 12.3 Å². The van der Waals surface area contributed by atoms with Crippen LogP contribution in [0.2, 0.25) is 0 Å². The van der Waals surface area contributed by atoms with Crippen LogP contribution in [0.1, 0.15) is 57.7 Å². The number of aromatic nitrogens is 1. The average Bonchev–Trinajstić information content (AvgIpc) is 2.92. The van der Waals surface area contributed by atoms with Crippen LogP contribution < -0.4 is 10.2 Å². The molecule has 112 valence electrons. The predicted molar refractivity (Wildman–Crippen MR) is 86.2 cm³/mol. The number of pyridine rings is 1. The van der Waals surface area contributed by atoms with Crippen LogP contribution in [0.4, 0.5) is 5.69 Å². The van der Waals surface area contributed by atoms with Crippen molar-refractivity contribution in [3.8, 4) is 0 Å². The van der Waals surface area contributed by atoms with Crippen molar-refractivity contribution >= 4 is 5.69 Å². The van der Waals surface area contributed by atoms with Crippen molar-refractivity contribution in [3.05, 3.63) is 23.5 Å². The number of aryl methyl sites for hydroxylation is 1. The zero-order valence-corrected chi connectivity index (χ0v) is 13.4. The number of hydrogen-bond acceptors (Lipinski definition) is 3. The molecule has 3 nitrogen and oxygen atoms in total. The minimum Gasteiger partial charge on any atom is -0.368 e. The Morgan fingerprint density at radius 3 is 2.65 bits per heavy atom. The van der Waals surface area contributed by atoms with Gasteiger partial charge in [-0.3, -0.25) is 4.98 Å². The second-order valence-corrected chi connectivity index (χ2v) is 6.21. The second-order valence-electron chi connectivity index (χ2n) is 6.21. The van der Waals surface area contributed by atoms with Gasteiger partial charge < -0.3 is 10.2 Å². The number of hydrogen-bond donors (Lipinski definition) is 1. The molecule has 20 heavy (non-hydrogen) atoms. The summed E-state index contributed by atoms with van der Waals surface area (Å²) in [4.78, 5) is 7.09. The summed E-state index contributed by atoms with van der Waals surface area (Å²) in [6.07, 6.45) is 7.49. The van der Waals surface area contributed by atoms with Crippen molar-refractivity contribution in [1.82, 2.24) is 10.3 Å². The van der Waals surface area contributed by atoms with Gasteiger partial charge in [-0.15, -0.1) is 0 Å². The third-order valence-electron chi connectivity index (χ3n) is 4.21. The van der Waals surface area contributed by atoms with Gasteiger partial charge >= 0.3 is 0 Å². The molecule has 1 saturated carbocycles. The minimum absolute atomic E-state index is 0.505. The molecular formula is C17H29N3. The number of anilines is 1. The first kappa shape index (κ1) is 15.3. The Kier molecular flexibility index (Phi) is 5.41. The van der Waals surface area contributed by atoms with Gasteiger partial charge in [-0.25, -0.2) is 0 Å². The maximum absolute atomic E-state index is 4.49. The fourth-order valence-corrected chi connectivity index (χ4v) is 3.13. The summed E-state index contributed by atoms with van der Waals surface area (Å²) in [6.45, 7) is 10.7. The van der Waals surface area contributed by atoms with Crippen LogP contribution >= 0.6 is 0 Å². The van der Waals surface area contributed by atoms with E-state index in [1.54, 1.807) is 0 Å². The Labute approximate surface area is 123 Å². The molecule has 0 atom stereocenters. The highest BCUT2D eigenvalue weighted by atomic mass is 15.2. The molecule has 0 radical (unpaired) electrons. The topological polar surface area (TPSA) is 28.2 Å². The lowest BCUT2D eigenvalue weighted by Gasteiger charge is -2.32. The molecular weight excluding hydrogens is 246 g/mol. The van der Waals surface area contributed by atoms with E-state index in [0.29, 0.717) is 6.04 Å². The smallest absolute Gasteiger partial charge is 0.0447 e. The largest absolute Gasteiger partial charge is 0.368 e. The van der Waals surface area contributed by atoms with E-state index in [-0.39, 0.29) is 0 Å². The zero-order chi connectivity index (χ0) is 14.5. The van der Waals surface area contributed by atoms with Gasteiger partial charge in [-0.1, -0.05) is 26.7 Å². The highest BCUT2D eigenvalue weighted by molar-refractivity contribution is 5.54. The highest BCUT2D eigenvalue weighted by Crippen LogP contribution is 2.30. The molecule has 0 bridgehead atoms. The average molecular weight is 275 g/mol. The molecule has 3 heteroatoms. The summed E-state index contributed by atoms with van der Waals surface area (Å²) >= 11 is 0. The van der Waals surface area contributed by atoms with E-state index in [0.717, 1.165) is 24.8 Å². The molecule has 0 spiro atoms. The molecule has 1 heterocycles. The molecule has 1 aromatic heterocycles. The molecule has 1 N–H and O–H groups in total. The van der Waals surface area contributed by atoms with Crippen LogP contribution in [0.5, 0.6) is 0 Å². The second kappa shape index (κ2) is 7.07. The van der Waals surface area contributed by atoms with Gasteiger partial charge in [0, 0.05) is 48.3 Å². The first-order valence-corrected chi connectivity index (χ1v) is 8.07. The van der Waals surface area contributed by atoms with E-state index in [2.05, 4.69) is 55.2 Å². The van der Waals surface area contributed by atoms with Crippen LogP contribution in [0, 0.1) is 6.92 Å². The fourth-order valence-electron chi connectivity index (χ4n) is 3.13. The monoisotopic (exact) mass is 275 g/mol. The molecule has 0 unspecified atom stereocenters. The quantitative estimate of drug-likeness (QED) is 0.859. The van der Waals surface area contributed by atoms with E-state index in [1.807, 2.05) is 0 Å². The summed E-state index contributed by atoms with van der Waals surface area (Å²) < 4.78 is 0. The van der Waals surface area contributed by atoms with Crippen molar-refractivity contribution < 1.29 is 0 Å². The van der Waals surface area contributed by atoms with Gasteiger partial charge in [-0.05, 0) is 32.8 Å². The molecule has 2 rings (SSSR count). The van der Waals surface area contributed by atoms with Gasteiger partial charge in [0.05, 0.1) is 0 Å². The molecule has 0 aromatic carbocycles. The van der Waals surface area contributed by atoms with Gasteiger partial charge in [0.1, 0.15) is 0 Å². The third-order valence-corrected chi connectivity index (χ3v) is 4.21. The minimum atomic E-state index is 0.505. The lowest BCUT2D eigenvalue weighted by atomic mass is 10.1. The maximum atomic E-state index is 4.49. The van der Waals surface area contributed by atoms with Gasteiger partial charge in [-0.2, -0.15) is 0 Å². The van der Waals surface area contributed by atoms with E-state index in [9.17, 15) is 0 Å². The first-order valence-electron chi connectivity index (χ1n) is 8.07. The molecule has 1 aromatic rings. The molecule has 0 aliphatic heterocycles. The van der Waals surface area contributed by atoms with E-state index < -0.39 is 0 Å². The molecule has 1 aliphatic carbocycles. The molecule has 1 fully saturated rings. The number of rotatable bonds is 6. The normalized spacial score (nSPS) is 16.1. The van der Waals surface area contributed by atoms with Gasteiger partial charge in [0.15, 0.2) is 0 Å². The van der Waals surface area contributed by atoms with Crippen molar-refractivity contribution in [1.29, 1.82) is 0 Å². The molecule has 0 saturated heterocycles. The Hall–Kier alpha value is -1.09. The van der Waals surface area contributed by atoms with Gasteiger partial charge in [0.25, 0.3) is 0 Å². The first-order chi connectivity index (χ1) is 9.61. The Morgan fingerprint density at radius 2 is 2.05 bits per heavy atom. The summed E-state index contributed by atoms with van der Waals surface area (Å²) in [5.74, 6) is 0. The molecule has 0 amide bonds. The maximum Gasteiger partial charge on any atom is 0.0447 e. The van der Waals surface area contributed by atoms with Crippen LogP contribution in [0.25, 0.3) is 0 Å². The zero-order valence-electron chi connectivity index (χ0n) is 13.4. The SMILES string of the molecule is CCN(c1cc(C)ncc1CNC(C)C)C1CCCC1. The number of nitrogens with zero attached hydrogens (tertiary/aromatic N) is 2. The number of nitrogens with one attached hydrogen (secondary N) is 1. The van der Waals surface area contributed by atoms with Crippen molar-refractivity contribution in [2.45, 2.75) is 72.0 Å². The van der Waals surface area contributed by atoms with Crippen molar-refractivity contribution in [3.63, 3.8) is 0 Å². The summed E-state index contributed by atoms with van der Waals surface area (Å²) in [6, 6.07) is 3.49. The van der Waals surface area contributed by atoms with Crippen molar-refractivity contribution in [2.24, 2.45) is 0 Å². The van der Waals surface area contributed by atoms with Gasteiger partial charge in [0.2, 0.25) is 0 Å². The lowest BCUT2D eigenvalue weighted by Crippen LogP contribution is -2.34. The lowest BCUT2D eigenvalue weighted by molar-refractivity contribution is 0.579. The Morgan fingerprint density at radius 1 is 1.35 bits per heavy atom. The standard InChI is InChI=1S/C17H29N3/c1-5-20(16-8-6-7-9-16)17-10-14(4)19-12-15(17)11-18-13(2)3/h10,12-13,16,18H,5-9,11H2,1-4H3. The van der Waals surface area contributed by atoms with Crippen LogP contribution in [0.3, 0.4) is 0 Å². The van der Waals surface area contributed by atoms with Crippen LogP contribution in [-0.4, -0.2) is 23.6 Å². The fraction of sp³-hybridized carbons (Fsp3) is 0.706. The van der Waals surface area contributed by atoms with Crippen LogP contribution in [-0.2, 0) is 6.54 Å². The third kappa shape index (κ3) is 3.72. The summed E-state index contributed by atoms with van der Waals surface area (Å²) in [5, 5.41) is 3.52. The van der Waals surface area contributed by atoms with E-state index >= 15 is 0 Å². The predicted octanol–water partition coefficient (Wildman–Crippen LogP) is 3.66. The van der Waals surface area contributed by atoms with Crippen molar-refractivity contribution in [2.75, 3.05) is 11.4 Å². The van der Waals surface area contributed by atoms with E-state index in [4.69, 9.17) is 0 Å². The Balaban J connectivity index is 2.23. The highest BCUT2D eigenvalue weighted by Gasteiger charge is 2.23. The molecule has 1 aliphatic rings.